The molecule has 0 aliphatic carbocycles. The third-order valence-electron chi connectivity index (χ3n) is 8.18. The number of carboxylic acids is 1. The second-order valence-electron chi connectivity index (χ2n) is 10.7. The smallest absolute Gasteiger partial charge is 0.321 e. The van der Waals surface area contributed by atoms with Crippen molar-refractivity contribution in [3.63, 3.8) is 0 Å². The summed E-state index contributed by atoms with van der Waals surface area (Å²) in [5, 5.41) is 15.0. The average molecular weight is 596 g/mol. The molecule has 1 aromatic heterocycles. The number of piperidine rings is 1. The van der Waals surface area contributed by atoms with E-state index >= 15 is 0 Å². The molecule has 1 aromatic carbocycles. The molecule has 3 aliphatic rings. The van der Waals surface area contributed by atoms with Crippen molar-refractivity contribution in [2.24, 2.45) is 11.8 Å². The standard InChI is InChI=1S/C27H33Cl3N6O3/c1-16(19-7-6-18(28)12-21(19)29)32-25-22(30)13-31-27(33-25)36-14-17(15-36)20-4-2-9-35(24(20)26(38)39)11-10-34-8-3-5-23(34)37/h6-7,12-13,16-17,20,24H,2-5,8-11,14-15H2,1H3,(H,38,39)(H,31,32,33)/t16-,20?,24?/m1/s1. The van der Waals surface area contributed by atoms with Gasteiger partial charge < -0.3 is 20.2 Å². The van der Waals surface area contributed by atoms with Gasteiger partial charge in [-0.25, -0.2) is 4.98 Å². The van der Waals surface area contributed by atoms with Crippen LogP contribution in [0.2, 0.25) is 15.1 Å². The Hall–Kier alpha value is -2.33. The second-order valence-corrected chi connectivity index (χ2v) is 11.9. The number of nitrogens with one attached hydrogen (secondary N) is 1. The van der Waals surface area contributed by atoms with E-state index in [0.29, 0.717) is 59.4 Å². The number of rotatable bonds is 9. The van der Waals surface area contributed by atoms with Crippen LogP contribution >= 0.6 is 34.8 Å². The number of amides is 1. The van der Waals surface area contributed by atoms with E-state index in [1.807, 2.05) is 17.9 Å². The van der Waals surface area contributed by atoms with Crippen molar-refractivity contribution in [1.29, 1.82) is 0 Å². The number of hydrogen-bond acceptors (Lipinski definition) is 7. The van der Waals surface area contributed by atoms with Crippen LogP contribution in [0.25, 0.3) is 0 Å². The van der Waals surface area contributed by atoms with Gasteiger partial charge in [0.1, 0.15) is 11.1 Å². The number of benzene rings is 1. The fourth-order valence-electron chi connectivity index (χ4n) is 6.06. The number of halogens is 3. The zero-order valence-corrected chi connectivity index (χ0v) is 24.1. The lowest BCUT2D eigenvalue weighted by molar-refractivity contribution is -0.149. The molecule has 2 unspecified atom stereocenters. The Labute approximate surface area is 243 Å². The summed E-state index contributed by atoms with van der Waals surface area (Å²) in [4.78, 5) is 39.5. The summed E-state index contributed by atoms with van der Waals surface area (Å²) in [6.07, 6.45) is 4.90. The molecule has 3 fully saturated rings. The molecular formula is C27H33Cl3N6O3. The van der Waals surface area contributed by atoms with E-state index in [1.54, 1.807) is 18.3 Å². The Morgan fingerprint density at radius 3 is 2.64 bits per heavy atom. The zero-order valence-electron chi connectivity index (χ0n) is 21.8. The molecule has 5 rings (SSSR count). The maximum Gasteiger partial charge on any atom is 0.321 e. The molecule has 3 atom stereocenters. The van der Waals surface area contributed by atoms with Crippen molar-refractivity contribution in [2.75, 3.05) is 49.5 Å². The van der Waals surface area contributed by atoms with Gasteiger partial charge >= 0.3 is 5.97 Å². The van der Waals surface area contributed by atoms with E-state index in [2.05, 4.69) is 25.1 Å². The van der Waals surface area contributed by atoms with E-state index in [1.165, 1.54) is 0 Å². The first-order valence-corrected chi connectivity index (χ1v) is 14.6. The van der Waals surface area contributed by atoms with Crippen LogP contribution in [-0.2, 0) is 9.59 Å². The van der Waals surface area contributed by atoms with Crippen molar-refractivity contribution in [3.05, 3.63) is 45.0 Å². The van der Waals surface area contributed by atoms with Gasteiger partial charge in [0.05, 0.1) is 12.2 Å². The van der Waals surface area contributed by atoms with Crippen molar-refractivity contribution in [1.82, 2.24) is 19.8 Å². The molecular weight excluding hydrogens is 563 g/mol. The number of hydrogen-bond donors (Lipinski definition) is 2. The first kappa shape index (κ1) is 28.2. The summed E-state index contributed by atoms with van der Waals surface area (Å²) < 4.78 is 0. The van der Waals surface area contributed by atoms with Gasteiger partial charge in [-0.1, -0.05) is 40.9 Å². The number of aliphatic carboxylic acids is 1. The highest BCUT2D eigenvalue weighted by molar-refractivity contribution is 6.35. The fourth-order valence-corrected chi connectivity index (χ4v) is 6.78. The average Bonchev–Trinajstić information content (AvgIpc) is 3.28. The van der Waals surface area contributed by atoms with Crippen molar-refractivity contribution in [2.45, 2.75) is 44.7 Å². The number of carboxylic acid groups (broad SMARTS) is 1. The molecule has 9 nitrogen and oxygen atoms in total. The maximum atomic E-state index is 12.4. The van der Waals surface area contributed by atoms with Gasteiger partial charge in [0.15, 0.2) is 5.82 Å². The molecule has 210 valence electrons. The number of nitrogens with zero attached hydrogens (tertiary/aromatic N) is 5. The van der Waals surface area contributed by atoms with Gasteiger partial charge in [-0.3, -0.25) is 14.5 Å². The normalized spacial score (nSPS) is 23.1. The van der Waals surface area contributed by atoms with E-state index in [4.69, 9.17) is 34.8 Å². The van der Waals surface area contributed by atoms with Gasteiger partial charge in [0.25, 0.3) is 0 Å². The Morgan fingerprint density at radius 2 is 1.95 bits per heavy atom. The van der Waals surface area contributed by atoms with Gasteiger partial charge in [-0.2, -0.15) is 4.98 Å². The molecule has 1 amide bonds. The van der Waals surface area contributed by atoms with E-state index in [9.17, 15) is 14.7 Å². The van der Waals surface area contributed by atoms with Crippen LogP contribution in [-0.4, -0.2) is 82.1 Å². The first-order chi connectivity index (χ1) is 18.7. The minimum Gasteiger partial charge on any atom is -0.480 e. The maximum absolute atomic E-state index is 12.4. The van der Waals surface area contributed by atoms with Crippen molar-refractivity contribution >= 4 is 58.4 Å². The SMILES string of the molecule is C[C@@H](Nc1nc(N2CC(C3CCCN(CCN4CCCC4=O)C3C(=O)O)C2)ncc1Cl)c1ccc(Cl)cc1Cl. The minimum atomic E-state index is -0.782. The lowest BCUT2D eigenvalue weighted by atomic mass is 9.75. The van der Waals surface area contributed by atoms with Crippen LogP contribution in [0.4, 0.5) is 11.8 Å². The molecule has 0 saturated carbocycles. The number of aromatic nitrogens is 2. The lowest BCUT2D eigenvalue weighted by Crippen LogP contribution is -2.60. The number of carbonyl (C=O) groups is 2. The zero-order chi connectivity index (χ0) is 27.7. The summed E-state index contributed by atoms with van der Waals surface area (Å²) in [5.41, 5.74) is 0.872. The summed E-state index contributed by atoms with van der Waals surface area (Å²) in [6.45, 7) is 6.05. The number of anilines is 2. The Kier molecular flexibility index (Phi) is 8.71. The Balaban J connectivity index is 1.22. The number of carbonyl (C=O) groups excluding carboxylic acids is 1. The van der Waals surface area contributed by atoms with E-state index in [-0.39, 0.29) is 23.8 Å². The first-order valence-electron chi connectivity index (χ1n) is 13.4. The quantitative estimate of drug-likeness (QED) is 0.425. The van der Waals surface area contributed by atoms with Crippen LogP contribution in [0.15, 0.2) is 24.4 Å². The van der Waals surface area contributed by atoms with E-state index in [0.717, 1.165) is 37.9 Å². The molecule has 2 N–H and O–H groups in total. The molecule has 39 heavy (non-hydrogen) atoms. The summed E-state index contributed by atoms with van der Waals surface area (Å²) >= 11 is 18.8. The minimum absolute atomic E-state index is 0.0405. The van der Waals surface area contributed by atoms with Gasteiger partial charge in [0.2, 0.25) is 11.9 Å². The summed E-state index contributed by atoms with van der Waals surface area (Å²) in [5.74, 6) is 0.720. The van der Waals surface area contributed by atoms with Gasteiger partial charge in [-0.15, -0.1) is 0 Å². The van der Waals surface area contributed by atoms with Crippen molar-refractivity contribution < 1.29 is 14.7 Å². The highest BCUT2D eigenvalue weighted by atomic mass is 35.5. The van der Waals surface area contributed by atoms with Crippen LogP contribution in [0.3, 0.4) is 0 Å². The predicted molar refractivity (Wildman–Crippen MR) is 153 cm³/mol. The third-order valence-corrected chi connectivity index (χ3v) is 9.01. The Bertz CT molecular complexity index is 1230. The molecule has 12 heteroatoms. The predicted octanol–water partition coefficient (Wildman–Crippen LogP) is 4.83. The summed E-state index contributed by atoms with van der Waals surface area (Å²) in [7, 11) is 0. The molecule has 4 heterocycles. The Morgan fingerprint density at radius 1 is 1.15 bits per heavy atom. The molecule has 0 bridgehead atoms. The molecule has 0 spiro atoms. The van der Waals surface area contributed by atoms with Gasteiger partial charge in [0, 0.05) is 49.2 Å². The third kappa shape index (κ3) is 6.21. The highest BCUT2D eigenvalue weighted by Crippen LogP contribution is 2.38. The second kappa shape index (κ2) is 12.0. The van der Waals surface area contributed by atoms with Crippen LogP contribution < -0.4 is 10.2 Å². The number of likely N-dealkylation sites (tertiary alicyclic amines) is 2. The van der Waals surface area contributed by atoms with Gasteiger partial charge in [-0.05, 0) is 62.3 Å². The van der Waals surface area contributed by atoms with Crippen molar-refractivity contribution in [3.8, 4) is 0 Å². The molecule has 3 saturated heterocycles. The molecule has 0 radical (unpaired) electrons. The topological polar surface area (TPSA) is 102 Å². The molecule has 2 aromatic rings. The lowest BCUT2D eigenvalue weighted by Gasteiger charge is -2.49. The monoisotopic (exact) mass is 594 g/mol. The van der Waals surface area contributed by atoms with E-state index < -0.39 is 12.0 Å². The summed E-state index contributed by atoms with van der Waals surface area (Å²) in [6, 6.07) is 4.65. The van der Waals surface area contributed by atoms with Crippen LogP contribution in [0.5, 0.6) is 0 Å². The van der Waals surface area contributed by atoms with Crippen LogP contribution in [0.1, 0.15) is 44.2 Å². The highest BCUT2D eigenvalue weighted by Gasteiger charge is 2.45. The fraction of sp³-hybridized carbons (Fsp3) is 0.556. The molecule has 3 aliphatic heterocycles. The largest absolute Gasteiger partial charge is 0.480 e. The van der Waals surface area contributed by atoms with Crippen LogP contribution in [0, 0.1) is 11.8 Å².